The SMILES string of the molecule is Cc1cc(N)c(C)c(S(=O)(=O)N2CCCSCC2)c1C. The Hall–Kier alpha value is -0.720. The third kappa shape index (κ3) is 2.82. The van der Waals surface area contributed by atoms with Crippen molar-refractivity contribution in [3.63, 3.8) is 0 Å². The van der Waals surface area contributed by atoms with Gasteiger partial charge in [-0.1, -0.05) is 0 Å². The van der Waals surface area contributed by atoms with Gasteiger partial charge in [0.25, 0.3) is 0 Å². The number of hydrogen-bond acceptors (Lipinski definition) is 4. The summed E-state index contributed by atoms with van der Waals surface area (Å²) in [5, 5.41) is 0. The summed E-state index contributed by atoms with van der Waals surface area (Å²) >= 11 is 1.81. The lowest BCUT2D eigenvalue weighted by atomic mass is 10.1. The Morgan fingerprint density at radius 3 is 2.55 bits per heavy atom. The second-order valence-electron chi connectivity index (χ2n) is 5.23. The molecule has 112 valence electrons. The Morgan fingerprint density at radius 2 is 1.85 bits per heavy atom. The van der Waals surface area contributed by atoms with Crippen LogP contribution < -0.4 is 5.73 Å². The average molecular weight is 314 g/mol. The zero-order valence-electron chi connectivity index (χ0n) is 12.3. The van der Waals surface area contributed by atoms with Crippen molar-refractivity contribution in [2.45, 2.75) is 32.1 Å². The van der Waals surface area contributed by atoms with Crippen molar-refractivity contribution in [2.75, 3.05) is 30.3 Å². The molecule has 0 spiro atoms. The molecule has 0 saturated carbocycles. The highest BCUT2D eigenvalue weighted by Crippen LogP contribution is 2.31. The van der Waals surface area contributed by atoms with Crippen molar-refractivity contribution < 1.29 is 8.42 Å². The molecule has 0 bridgehead atoms. The van der Waals surface area contributed by atoms with Gasteiger partial charge in [-0.2, -0.15) is 16.1 Å². The molecule has 20 heavy (non-hydrogen) atoms. The Balaban J connectivity index is 2.54. The van der Waals surface area contributed by atoms with Crippen LogP contribution in [0.4, 0.5) is 5.69 Å². The Kier molecular flexibility index (Phi) is 4.66. The molecule has 1 saturated heterocycles. The molecule has 0 aromatic heterocycles. The summed E-state index contributed by atoms with van der Waals surface area (Å²) in [4.78, 5) is 0.405. The van der Waals surface area contributed by atoms with Crippen LogP contribution in [0.1, 0.15) is 23.1 Å². The maximum Gasteiger partial charge on any atom is 0.243 e. The normalized spacial score (nSPS) is 17.9. The fourth-order valence-electron chi connectivity index (χ4n) is 2.52. The number of anilines is 1. The van der Waals surface area contributed by atoms with Crippen LogP contribution in [-0.2, 0) is 10.0 Å². The zero-order chi connectivity index (χ0) is 14.9. The largest absolute Gasteiger partial charge is 0.398 e. The highest BCUT2D eigenvalue weighted by atomic mass is 32.2. The third-order valence-corrected chi connectivity index (χ3v) is 7.08. The standard InChI is InChI=1S/C14H22N2O2S2/c1-10-9-13(15)12(3)14(11(10)2)20(17,18)16-5-4-7-19-8-6-16/h9H,4-8,15H2,1-3H3. The number of nitrogen functional groups attached to an aromatic ring is 1. The summed E-state index contributed by atoms with van der Waals surface area (Å²) < 4.78 is 27.5. The van der Waals surface area contributed by atoms with Gasteiger partial charge in [0.15, 0.2) is 0 Å². The van der Waals surface area contributed by atoms with E-state index in [0.29, 0.717) is 29.2 Å². The molecule has 0 aliphatic carbocycles. The van der Waals surface area contributed by atoms with E-state index in [1.54, 1.807) is 11.2 Å². The molecule has 4 nitrogen and oxygen atoms in total. The minimum absolute atomic E-state index is 0.405. The molecule has 2 N–H and O–H groups in total. The Labute approximate surface area is 125 Å². The van der Waals surface area contributed by atoms with Crippen molar-refractivity contribution in [1.82, 2.24) is 4.31 Å². The minimum Gasteiger partial charge on any atom is -0.398 e. The monoisotopic (exact) mass is 314 g/mol. The van der Waals surface area contributed by atoms with Crippen LogP contribution in [0.3, 0.4) is 0 Å². The maximum atomic E-state index is 12.9. The average Bonchev–Trinajstić information content (AvgIpc) is 2.65. The predicted molar refractivity (Wildman–Crippen MR) is 85.8 cm³/mol. The van der Waals surface area contributed by atoms with Crippen LogP contribution in [0.2, 0.25) is 0 Å². The van der Waals surface area contributed by atoms with Crippen LogP contribution in [0.5, 0.6) is 0 Å². The number of nitrogens with two attached hydrogens (primary N) is 1. The number of sulfonamides is 1. The molecule has 2 rings (SSSR count). The topological polar surface area (TPSA) is 63.4 Å². The summed E-state index contributed by atoms with van der Waals surface area (Å²) in [6.07, 6.45) is 0.906. The van der Waals surface area contributed by atoms with Gasteiger partial charge in [0.1, 0.15) is 0 Å². The Morgan fingerprint density at radius 1 is 1.15 bits per heavy atom. The van der Waals surface area contributed by atoms with E-state index in [2.05, 4.69) is 0 Å². The lowest BCUT2D eigenvalue weighted by Crippen LogP contribution is -2.34. The van der Waals surface area contributed by atoms with Crippen LogP contribution in [0.15, 0.2) is 11.0 Å². The summed E-state index contributed by atoms with van der Waals surface area (Å²) in [6, 6.07) is 1.85. The van der Waals surface area contributed by atoms with Crippen LogP contribution in [-0.4, -0.2) is 37.3 Å². The number of rotatable bonds is 2. The summed E-state index contributed by atoms with van der Waals surface area (Å²) in [5.41, 5.74) is 8.92. The van der Waals surface area contributed by atoms with Crippen molar-refractivity contribution in [3.05, 3.63) is 22.8 Å². The lowest BCUT2D eigenvalue weighted by molar-refractivity contribution is 0.434. The summed E-state index contributed by atoms with van der Waals surface area (Å²) in [7, 11) is -3.45. The van der Waals surface area contributed by atoms with E-state index in [9.17, 15) is 8.42 Å². The quantitative estimate of drug-likeness (QED) is 0.851. The molecule has 1 heterocycles. The molecule has 1 fully saturated rings. The number of hydrogen-bond donors (Lipinski definition) is 1. The van der Waals surface area contributed by atoms with Gasteiger partial charge < -0.3 is 5.73 Å². The molecule has 0 atom stereocenters. The van der Waals surface area contributed by atoms with Crippen molar-refractivity contribution in [1.29, 1.82) is 0 Å². The first-order chi connectivity index (χ1) is 9.35. The molecule has 0 unspecified atom stereocenters. The molecule has 1 aromatic rings. The number of nitrogens with zero attached hydrogens (tertiary/aromatic N) is 1. The lowest BCUT2D eigenvalue weighted by Gasteiger charge is -2.23. The molecule has 1 aromatic carbocycles. The van der Waals surface area contributed by atoms with E-state index < -0.39 is 10.0 Å². The van der Waals surface area contributed by atoms with Gasteiger partial charge >= 0.3 is 0 Å². The van der Waals surface area contributed by atoms with E-state index in [1.165, 1.54) is 0 Å². The van der Waals surface area contributed by atoms with Gasteiger partial charge in [-0.25, -0.2) is 8.42 Å². The maximum absolute atomic E-state index is 12.9. The molecule has 1 aliphatic heterocycles. The second kappa shape index (κ2) is 5.95. The smallest absolute Gasteiger partial charge is 0.243 e. The van der Waals surface area contributed by atoms with Gasteiger partial charge in [0, 0.05) is 24.5 Å². The third-order valence-electron chi connectivity index (χ3n) is 3.86. The van der Waals surface area contributed by atoms with E-state index in [-0.39, 0.29) is 0 Å². The van der Waals surface area contributed by atoms with E-state index in [0.717, 1.165) is 29.1 Å². The summed E-state index contributed by atoms with van der Waals surface area (Å²) in [6.45, 7) is 6.74. The fourth-order valence-corrected chi connectivity index (χ4v) is 5.54. The first-order valence-electron chi connectivity index (χ1n) is 6.80. The van der Waals surface area contributed by atoms with Crippen LogP contribution in [0, 0.1) is 20.8 Å². The minimum atomic E-state index is -3.45. The molecule has 0 amide bonds. The van der Waals surface area contributed by atoms with Crippen molar-refractivity contribution in [3.8, 4) is 0 Å². The van der Waals surface area contributed by atoms with E-state index in [4.69, 9.17) is 5.73 Å². The Bertz CT molecular complexity index is 578. The molecule has 6 heteroatoms. The summed E-state index contributed by atoms with van der Waals surface area (Å²) in [5.74, 6) is 1.89. The van der Waals surface area contributed by atoms with Gasteiger partial charge in [-0.3, -0.25) is 0 Å². The molecular formula is C14H22N2O2S2. The van der Waals surface area contributed by atoms with Gasteiger partial charge in [-0.15, -0.1) is 0 Å². The van der Waals surface area contributed by atoms with Gasteiger partial charge in [0.2, 0.25) is 10.0 Å². The van der Waals surface area contributed by atoms with E-state index >= 15 is 0 Å². The number of thioether (sulfide) groups is 1. The molecular weight excluding hydrogens is 292 g/mol. The highest BCUT2D eigenvalue weighted by molar-refractivity contribution is 7.99. The van der Waals surface area contributed by atoms with E-state index in [1.807, 2.05) is 31.7 Å². The predicted octanol–water partition coefficient (Wildman–Crippen LogP) is 2.32. The fraction of sp³-hybridized carbons (Fsp3) is 0.571. The number of aryl methyl sites for hydroxylation is 1. The van der Waals surface area contributed by atoms with Crippen LogP contribution >= 0.6 is 11.8 Å². The number of benzene rings is 1. The van der Waals surface area contributed by atoms with Crippen molar-refractivity contribution in [2.24, 2.45) is 0 Å². The first kappa shape index (κ1) is 15.7. The van der Waals surface area contributed by atoms with Crippen molar-refractivity contribution >= 4 is 27.5 Å². The van der Waals surface area contributed by atoms with Crippen LogP contribution in [0.25, 0.3) is 0 Å². The zero-order valence-corrected chi connectivity index (χ0v) is 13.9. The highest BCUT2D eigenvalue weighted by Gasteiger charge is 2.29. The van der Waals surface area contributed by atoms with Gasteiger partial charge in [-0.05, 0) is 55.7 Å². The second-order valence-corrected chi connectivity index (χ2v) is 8.33. The molecule has 0 radical (unpaired) electrons. The first-order valence-corrected chi connectivity index (χ1v) is 9.39. The molecule has 1 aliphatic rings. The van der Waals surface area contributed by atoms with Gasteiger partial charge in [0.05, 0.1) is 4.90 Å².